The molecule has 1 amide bonds. The van der Waals surface area contributed by atoms with Crippen molar-refractivity contribution in [2.45, 2.75) is 45.5 Å². The Hall–Kier alpha value is -2.58. The van der Waals surface area contributed by atoms with Crippen molar-refractivity contribution >= 4 is 22.8 Å². The number of alkyl halides is 3. The molecule has 0 spiro atoms. The summed E-state index contributed by atoms with van der Waals surface area (Å²) in [6, 6.07) is 5.30. The fourth-order valence-corrected chi connectivity index (χ4v) is 3.61. The van der Waals surface area contributed by atoms with Crippen molar-refractivity contribution in [3.05, 3.63) is 30.0 Å². The summed E-state index contributed by atoms with van der Waals surface area (Å²) in [5.41, 5.74) is 1.78. The molecule has 9 heteroatoms. The number of likely N-dealkylation sites (tertiary alicyclic amines) is 1. The highest BCUT2D eigenvalue weighted by Crippen LogP contribution is 2.35. The molecule has 1 aliphatic rings. The summed E-state index contributed by atoms with van der Waals surface area (Å²) in [6.07, 6.45) is -1.47. The van der Waals surface area contributed by atoms with E-state index in [2.05, 4.69) is 9.84 Å². The molecule has 1 aromatic carbocycles. The standard InChI is InChI=1S/C19H22F3N3O3/c1-3-25-16-7-5-13(8-14(16)9-23-25)15-6-4-12(2)10-24(15)17(26)18(27)28-11-19(20,21)22/h5,7-9,12,15H,3-4,6,10-11H2,1-2H3/t12-,15+/m0/s1. The van der Waals surface area contributed by atoms with Gasteiger partial charge in [-0.25, -0.2) is 4.79 Å². The monoisotopic (exact) mass is 397 g/mol. The first-order chi connectivity index (χ1) is 13.2. The lowest BCUT2D eigenvalue weighted by atomic mass is 9.89. The van der Waals surface area contributed by atoms with E-state index in [-0.39, 0.29) is 12.5 Å². The Labute approximate surface area is 160 Å². The van der Waals surface area contributed by atoms with Gasteiger partial charge in [-0.1, -0.05) is 13.0 Å². The third kappa shape index (κ3) is 4.28. The maximum absolute atomic E-state index is 12.5. The quantitative estimate of drug-likeness (QED) is 0.588. The fraction of sp³-hybridized carbons (Fsp3) is 0.526. The molecule has 6 nitrogen and oxygen atoms in total. The molecule has 3 rings (SSSR count). The molecule has 0 unspecified atom stereocenters. The highest BCUT2D eigenvalue weighted by Gasteiger charge is 2.37. The van der Waals surface area contributed by atoms with Crippen molar-refractivity contribution in [1.82, 2.24) is 14.7 Å². The third-order valence-corrected chi connectivity index (χ3v) is 4.97. The fourth-order valence-electron chi connectivity index (χ4n) is 3.61. The van der Waals surface area contributed by atoms with Crippen molar-refractivity contribution in [3.63, 3.8) is 0 Å². The third-order valence-electron chi connectivity index (χ3n) is 4.97. The van der Waals surface area contributed by atoms with Crippen LogP contribution in [0.5, 0.6) is 0 Å². The number of hydrogen-bond acceptors (Lipinski definition) is 4. The van der Waals surface area contributed by atoms with Gasteiger partial charge in [0.25, 0.3) is 0 Å². The van der Waals surface area contributed by atoms with Crippen LogP contribution in [0.1, 0.15) is 38.3 Å². The molecule has 1 saturated heterocycles. The van der Waals surface area contributed by atoms with Crippen LogP contribution in [-0.4, -0.2) is 45.9 Å². The highest BCUT2D eigenvalue weighted by molar-refractivity contribution is 6.32. The Balaban J connectivity index is 1.84. The van der Waals surface area contributed by atoms with Crippen LogP contribution in [0.25, 0.3) is 10.9 Å². The van der Waals surface area contributed by atoms with Gasteiger partial charge in [0.1, 0.15) is 0 Å². The lowest BCUT2D eigenvalue weighted by molar-refractivity contribution is -0.190. The second-order valence-electron chi connectivity index (χ2n) is 7.13. The number of piperidine rings is 1. The normalized spacial score (nSPS) is 20.4. The van der Waals surface area contributed by atoms with E-state index in [1.165, 1.54) is 4.90 Å². The zero-order valence-corrected chi connectivity index (χ0v) is 15.7. The van der Waals surface area contributed by atoms with Crippen molar-refractivity contribution in [3.8, 4) is 0 Å². The molecule has 0 N–H and O–H groups in total. The first kappa shape index (κ1) is 20.2. The Morgan fingerprint density at radius 2 is 2.04 bits per heavy atom. The zero-order chi connectivity index (χ0) is 20.5. The maximum atomic E-state index is 12.5. The topological polar surface area (TPSA) is 64.4 Å². The van der Waals surface area contributed by atoms with E-state index in [4.69, 9.17) is 0 Å². The minimum Gasteiger partial charge on any atom is -0.449 e. The molecule has 0 saturated carbocycles. The van der Waals surface area contributed by atoms with E-state index in [0.29, 0.717) is 6.42 Å². The molecular formula is C19H22F3N3O3. The number of hydrogen-bond donors (Lipinski definition) is 0. The van der Waals surface area contributed by atoms with Crippen LogP contribution in [0, 0.1) is 5.92 Å². The number of carbonyl (C=O) groups excluding carboxylic acids is 2. The van der Waals surface area contributed by atoms with Crippen LogP contribution in [0.2, 0.25) is 0 Å². The van der Waals surface area contributed by atoms with Crippen LogP contribution >= 0.6 is 0 Å². The largest absolute Gasteiger partial charge is 0.449 e. The summed E-state index contributed by atoms with van der Waals surface area (Å²) < 4.78 is 42.9. The van der Waals surface area contributed by atoms with E-state index in [0.717, 1.165) is 29.4 Å². The number of halogens is 3. The first-order valence-electron chi connectivity index (χ1n) is 9.19. The minimum absolute atomic E-state index is 0.141. The predicted molar refractivity (Wildman–Crippen MR) is 95.3 cm³/mol. The van der Waals surface area contributed by atoms with Gasteiger partial charge in [-0.15, -0.1) is 0 Å². The maximum Gasteiger partial charge on any atom is 0.422 e. The zero-order valence-electron chi connectivity index (χ0n) is 15.7. The summed E-state index contributed by atoms with van der Waals surface area (Å²) >= 11 is 0. The molecule has 2 heterocycles. The van der Waals surface area contributed by atoms with Crippen molar-refractivity contribution in [2.24, 2.45) is 5.92 Å². The number of ether oxygens (including phenoxy) is 1. The number of carbonyl (C=O) groups is 2. The lowest BCUT2D eigenvalue weighted by Gasteiger charge is -2.38. The Morgan fingerprint density at radius 3 is 2.71 bits per heavy atom. The molecule has 0 bridgehead atoms. The molecule has 1 aromatic heterocycles. The smallest absolute Gasteiger partial charge is 0.422 e. The molecule has 0 aliphatic carbocycles. The van der Waals surface area contributed by atoms with Crippen LogP contribution in [0.3, 0.4) is 0 Å². The van der Waals surface area contributed by atoms with Crippen LogP contribution in [-0.2, 0) is 20.9 Å². The van der Waals surface area contributed by atoms with E-state index in [1.54, 1.807) is 6.20 Å². The number of aromatic nitrogens is 2. The molecule has 2 atom stereocenters. The SMILES string of the molecule is CCn1ncc2cc([C@H]3CC[C@H](C)CN3C(=O)C(=O)OCC(F)(F)F)ccc21. The number of rotatable bonds is 3. The van der Waals surface area contributed by atoms with Gasteiger partial charge in [0.05, 0.1) is 17.8 Å². The Morgan fingerprint density at radius 1 is 1.29 bits per heavy atom. The van der Waals surface area contributed by atoms with Gasteiger partial charge >= 0.3 is 18.1 Å². The summed E-state index contributed by atoms with van der Waals surface area (Å²) in [4.78, 5) is 25.8. The molecule has 28 heavy (non-hydrogen) atoms. The van der Waals surface area contributed by atoms with Gasteiger partial charge in [0, 0.05) is 18.5 Å². The van der Waals surface area contributed by atoms with E-state index in [1.807, 2.05) is 36.7 Å². The van der Waals surface area contributed by atoms with Gasteiger partial charge in [-0.05, 0) is 43.4 Å². The van der Waals surface area contributed by atoms with Gasteiger partial charge < -0.3 is 9.64 Å². The molecule has 152 valence electrons. The van der Waals surface area contributed by atoms with Gasteiger partial charge in [0.15, 0.2) is 6.61 Å². The Bertz CT molecular complexity index is 878. The van der Waals surface area contributed by atoms with Crippen molar-refractivity contribution in [2.75, 3.05) is 13.2 Å². The van der Waals surface area contributed by atoms with Crippen LogP contribution < -0.4 is 0 Å². The van der Waals surface area contributed by atoms with Crippen LogP contribution in [0.15, 0.2) is 24.4 Å². The molecule has 0 radical (unpaired) electrons. The van der Waals surface area contributed by atoms with E-state index >= 15 is 0 Å². The number of nitrogens with zero attached hydrogens (tertiary/aromatic N) is 3. The summed E-state index contributed by atoms with van der Waals surface area (Å²) in [7, 11) is 0. The molecule has 2 aromatic rings. The van der Waals surface area contributed by atoms with Crippen molar-refractivity contribution < 1.29 is 27.5 Å². The summed E-state index contributed by atoms with van der Waals surface area (Å²) in [5, 5.41) is 5.20. The number of aryl methyl sites for hydroxylation is 1. The van der Waals surface area contributed by atoms with Gasteiger partial charge in [-0.3, -0.25) is 9.48 Å². The number of fused-ring (bicyclic) bond motifs is 1. The van der Waals surface area contributed by atoms with E-state index < -0.39 is 30.7 Å². The Kier molecular flexibility index (Phi) is 5.62. The van der Waals surface area contributed by atoms with E-state index in [9.17, 15) is 22.8 Å². The highest BCUT2D eigenvalue weighted by atomic mass is 19.4. The summed E-state index contributed by atoms with van der Waals surface area (Å²) in [6.45, 7) is 3.16. The number of benzene rings is 1. The predicted octanol–water partition coefficient (Wildman–Crippen LogP) is 3.46. The lowest BCUT2D eigenvalue weighted by Crippen LogP contribution is -2.45. The van der Waals surface area contributed by atoms with Gasteiger partial charge in [-0.2, -0.15) is 18.3 Å². The average molecular weight is 397 g/mol. The second kappa shape index (κ2) is 7.81. The molecular weight excluding hydrogens is 375 g/mol. The molecule has 1 fully saturated rings. The number of esters is 1. The first-order valence-corrected chi connectivity index (χ1v) is 9.19. The minimum atomic E-state index is -4.67. The average Bonchev–Trinajstić information content (AvgIpc) is 3.07. The number of amides is 1. The van der Waals surface area contributed by atoms with Gasteiger partial charge in [0.2, 0.25) is 0 Å². The molecule has 1 aliphatic heterocycles. The van der Waals surface area contributed by atoms with Crippen LogP contribution in [0.4, 0.5) is 13.2 Å². The van der Waals surface area contributed by atoms with Crippen molar-refractivity contribution in [1.29, 1.82) is 0 Å². The summed E-state index contributed by atoms with van der Waals surface area (Å²) in [5.74, 6) is -2.37. The second-order valence-corrected chi connectivity index (χ2v) is 7.13.